The zero-order chi connectivity index (χ0) is 21.8. The SMILES string of the molecule is O=C(Nc1ccccc1)c1nn(-c2ccccc2)c(=O)n(Cc2ccc(F)cc2)c1=O. The molecule has 1 heterocycles. The molecule has 31 heavy (non-hydrogen) atoms. The summed E-state index contributed by atoms with van der Waals surface area (Å²) in [5.74, 6) is -1.18. The minimum atomic E-state index is -0.838. The van der Waals surface area contributed by atoms with E-state index < -0.39 is 28.7 Å². The molecule has 7 nitrogen and oxygen atoms in total. The summed E-state index contributed by atoms with van der Waals surface area (Å²) >= 11 is 0. The predicted octanol–water partition coefficient (Wildman–Crippen LogP) is 2.83. The fourth-order valence-electron chi connectivity index (χ4n) is 3.02. The lowest BCUT2D eigenvalue weighted by Crippen LogP contribution is -2.45. The number of aromatic nitrogens is 3. The van der Waals surface area contributed by atoms with Crippen LogP contribution in [-0.2, 0) is 6.54 Å². The van der Waals surface area contributed by atoms with Crippen LogP contribution < -0.4 is 16.6 Å². The third kappa shape index (κ3) is 4.32. The normalized spacial score (nSPS) is 10.6. The van der Waals surface area contributed by atoms with Crippen LogP contribution in [0.5, 0.6) is 0 Å². The molecule has 8 heteroatoms. The molecule has 4 aromatic rings. The Balaban J connectivity index is 1.84. The van der Waals surface area contributed by atoms with Gasteiger partial charge in [-0.3, -0.25) is 14.2 Å². The number of amides is 1. The molecule has 0 saturated carbocycles. The molecule has 0 aliphatic carbocycles. The van der Waals surface area contributed by atoms with Crippen LogP contribution in [0.4, 0.5) is 10.1 Å². The maximum atomic E-state index is 13.2. The number of carbonyl (C=O) groups excluding carboxylic acids is 1. The van der Waals surface area contributed by atoms with Crippen LogP contribution in [0.25, 0.3) is 5.69 Å². The molecule has 0 spiro atoms. The maximum absolute atomic E-state index is 13.2. The molecule has 0 fully saturated rings. The van der Waals surface area contributed by atoms with Crippen LogP contribution in [0.15, 0.2) is 94.5 Å². The van der Waals surface area contributed by atoms with Crippen molar-refractivity contribution in [3.05, 3.63) is 123 Å². The number of rotatable bonds is 5. The van der Waals surface area contributed by atoms with Gasteiger partial charge in [-0.15, -0.1) is 0 Å². The molecule has 1 N–H and O–H groups in total. The summed E-state index contributed by atoms with van der Waals surface area (Å²) in [6, 6.07) is 22.5. The summed E-state index contributed by atoms with van der Waals surface area (Å²) < 4.78 is 15.2. The van der Waals surface area contributed by atoms with Gasteiger partial charge in [0.05, 0.1) is 12.2 Å². The van der Waals surface area contributed by atoms with Crippen molar-refractivity contribution < 1.29 is 9.18 Å². The highest BCUT2D eigenvalue weighted by Gasteiger charge is 2.20. The molecule has 1 amide bonds. The van der Waals surface area contributed by atoms with E-state index in [1.807, 2.05) is 0 Å². The zero-order valence-electron chi connectivity index (χ0n) is 16.2. The Bertz CT molecular complexity index is 1330. The molecule has 3 aromatic carbocycles. The Labute approximate surface area is 176 Å². The van der Waals surface area contributed by atoms with Gasteiger partial charge in [-0.2, -0.15) is 9.78 Å². The van der Waals surface area contributed by atoms with Crippen molar-refractivity contribution in [2.75, 3.05) is 5.32 Å². The summed E-state index contributed by atoms with van der Waals surface area (Å²) in [4.78, 5) is 38.9. The van der Waals surface area contributed by atoms with E-state index in [0.29, 0.717) is 16.9 Å². The van der Waals surface area contributed by atoms with E-state index in [4.69, 9.17) is 0 Å². The zero-order valence-corrected chi connectivity index (χ0v) is 16.2. The van der Waals surface area contributed by atoms with E-state index in [9.17, 15) is 18.8 Å². The number of hydrogen-bond acceptors (Lipinski definition) is 4. The van der Waals surface area contributed by atoms with Crippen LogP contribution in [0, 0.1) is 5.82 Å². The number of para-hydroxylation sites is 2. The van der Waals surface area contributed by atoms with Gasteiger partial charge in [0.1, 0.15) is 5.82 Å². The summed E-state index contributed by atoms with van der Waals surface area (Å²) in [5.41, 5.74) is -0.577. The van der Waals surface area contributed by atoms with E-state index in [1.54, 1.807) is 60.7 Å². The van der Waals surface area contributed by atoms with E-state index in [1.165, 1.54) is 24.3 Å². The summed E-state index contributed by atoms with van der Waals surface area (Å²) in [6.45, 7) is -0.140. The van der Waals surface area contributed by atoms with Crippen LogP contribution in [0.1, 0.15) is 16.1 Å². The highest BCUT2D eigenvalue weighted by Crippen LogP contribution is 2.08. The van der Waals surface area contributed by atoms with Gasteiger partial charge < -0.3 is 5.32 Å². The standard InChI is InChI=1S/C23H17FN4O3/c24-17-13-11-16(12-14-17)15-27-22(30)20(21(29)25-18-7-3-1-4-8-18)26-28(23(27)31)19-9-5-2-6-10-19/h1-14H,15H2,(H,25,29). The maximum Gasteiger partial charge on any atom is 0.352 e. The van der Waals surface area contributed by atoms with Crippen molar-refractivity contribution in [1.29, 1.82) is 0 Å². The minimum absolute atomic E-state index is 0.140. The second-order valence-corrected chi connectivity index (χ2v) is 6.72. The van der Waals surface area contributed by atoms with Crippen molar-refractivity contribution >= 4 is 11.6 Å². The van der Waals surface area contributed by atoms with E-state index in [0.717, 1.165) is 9.25 Å². The molecule has 0 aliphatic rings. The van der Waals surface area contributed by atoms with Crippen LogP contribution in [0.2, 0.25) is 0 Å². The van der Waals surface area contributed by atoms with Crippen LogP contribution >= 0.6 is 0 Å². The number of nitrogens with one attached hydrogen (secondary N) is 1. The van der Waals surface area contributed by atoms with Crippen molar-refractivity contribution in [2.24, 2.45) is 0 Å². The Morgan fingerprint density at radius 1 is 0.871 bits per heavy atom. The highest BCUT2D eigenvalue weighted by molar-refractivity contribution is 6.02. The fraction of sp³-hybridized carbons (Fsp3) is 0.0435. The molecule has 0 aliphatic heterocycles. The number of benzene rings is 3. The number of anilines is 1. The van der Waals surface area contributed by atoms with Crippen molar-refractivity contribution in [3.63, 3.8) is 0 Å². The van der Waals surface area contributed by atoms with Crippen molar-refractivity contribution in [2.45, 2.75) is 6.54 Å². The Morgan fingerprint density at radius 3 is 2.13 bits per heavy atom. The largest absolute Gasteiger partial charge is 0.352 e. The third-order valence-electron chi connectivity index (χ3n) is 4.56. The van der Waals surface area contributed by atoms with Gasteiger partial charge >= 0.3 is 5.69 Å². The Hall–Kier alpha value is -4.33. The van der Waals surface area contributed by atoms with Crippen molar-refractivity contribution in [1.82, 2.24) is 14.3 Å². The molecule has 0 atom stereocenters. The first-order valence-corrected chi connectivity index (χ1v) is 9.43. The van der Waals surface area contributed by atoms with Gasteiger partial charge in [0, 0.05) is 5.69 Å². The second-order valence-electron chi connectivity index (χ2n) is 6.72. The van der Waals surface area contributed by atoms with Gasteiger partial charge in [-0.1, -0.05) is 48.5 Å². The first-order chi connectivity index (χ1) is 15.0. The Kier molecular flexibility index (Phi) is 5.53. The molecule has 0 radical (unpaired) electrons. The summed E-state index contributed by atoms with van der Waals surface area (Å²) in [5, 5.41) is 6.67. The Morgan fingerprint density at radius 2 is 1.48 bits per heavy atom. The molecular weight excluding hydrogens is 399 g/mol. The molecule has 0 bridgehead atoms. The van der Waals surface area contributed by atoms with Crippen molar-refractivity contribution in [3.8, 4) is 5.69 Å². The molecule has 1 aromatic heterocycles. The number of hydrogen-bond donors (Lipinski definition) is 1. The molecule has 4 rings (SSSR count). The summed E-state index contributed by atoms with van der Waals surface area (Å²) in [6.07, 6.45) is 0. The molecular formula is C23H17FN4O3. The lowest BCUT2D eigenvalue weighted by molar-refractivity contribution is 0.101. The van der Waals surface area contributed by atoms with E-state index in [2.05, 4.69) is 10.4 Å². The summed E-state index contributed by atoms with van der Waals surface area (Å²) in [7, 11) is 0. The first-order valence-electron chi connectivity index (χ1n) is 9.43. The number of halogens is 1. The van der Waals surface area contributed by atoms with Crippen LogP contribution in [0.3, 0.4) is 0 Å². The smallest absolute Gasteiger partial charge is 0.320 e. The van der Waals surface area contributed by atoms with E-state index >= 15 is 0 Å². The third-order valence-corrected chi connectivity index (χ3v) is 4.56. The highest BCUT2D eigenvalue weighted by atomic mass is 19.1. The van der Waals surface area contributed by atoms with Crippen LogP contribution in [-0.4, -0.2) is 20.3 Å². The van der Waals surface area contributed by atoms with Gasteiger partial charge in [0.15, 0.2) is 0 Å². The number of nitrogens with zero attached hydrogens (tertiary/aromatic N) is 3. The topological polar surface area (TPSA) is 86.0 Å². The first kappa shape index (κ1) is 20.0. The minimum Gasteiger partial charge on any atom is -0.320 e. The molecule has 0 unspecified atom stereocenters. The van der Waals surface area contributed by atoms with E-state index in [-0.39, 0.29) is 6.54 Å². The average Bonchev–Trinajstić information content (AvgIpc) is 2.79. The molecule has 0 saturated heterocycles. The second kappa shape index (κ2) is 8.58. The quantitative estimate of drug-likeness (QED) is 0.542. The average molecular weight is 416 g/mol. The predicted molar refractivity (Wildman–Crippen MR) is 114 cm³/mol. The van der Waals surface area contributed by atoms with Gasteiger partial charge in [0.2, 0.25) is 5.69 Å². The lowest BCUT2D eigenvalue weighted by Gasteiger charge is -2.12. The number of carbonyl (C=O) groups is 1. The van der Waals surface area contributed by atoms with Gasteiger partial charge in [-0.05, 0) is 42.0 Å². The lowest BCUT2D eigenvalue weighted by atomic mass is 10.2. The monoisotopic (exact) mass is 416 g/mol. The fourth-order valence-corrected chi connectivity index (χ4v) is 3.02. The van der Waals surface area contributed by atoms with Gasteiger partial charge in [0.25, 0.3) is 11.5 Å². The molecule has 154 valence electrons. The van der Waals surface area contributed by atoms with Gasteiger partial charge in [-0.25, -0.2) is 9.18 Å².